The number of hydrogen-bond donors (Lipinski definition) is 1. The van der Waals surface area contributed by atoms with E-state index < -0.39 is 11.7 Å². The second-order valence-electron chi connectivity index (χ2n) is 8.28. The van der Waals surface area contributed by atoms with Gasteiger partial charge in [0.25, 0.3) is 11.8 Å². The van der Waals surface area contributed by atoms with Crippen LogP contribution in [0.3, 0.4) is 0 Å². The van der Waals surface area contributed by atoms with E-state index in [2.05, 4.69) is 10.3 Å². The predicted octanol–water partition coefficient (Wildman–Crippen LogP) is 4.33. The first kappa shape index (κ1) is 25.8. The highest BCUT2D eigenvalue weighted by Gasteiger charge is 2.31. The van der Waals surface area contributed by atoms with Gasteiger partial charge in [-0.15, -0.1) is 0 Å². The topological polar surface area (TPSA) is 84.0 Å². The van der Waals surface area contributed by atoms with Gasteiger partial charge in [0.2, 0.25) is 0 Å². The second-order valence-corrected chi connectivity index (χ2v) is 8.28. The maximum atomic E-state index is 12.8. The number of hydrogen-bond acceptors (Lipinski definition) is 6. The number of nitrogens with zero attached hydrogens (tertiary/aromatic N) is 3. The number of piperazine rings is 1. The third-order valence-corrected chi connectivity index (χ3v) is 6.01. The van der Waals surface area contributed by atoms with E-state index in [9.17, 15) is 22.8 Å². The Morgan fingerprint density at radius 3 is 2.19 bits per heavy atom. The SMILES string of the molecule is COc1ccc(C(=O)Nc2ccc(N3CCN(C(=O)c4ccc(C(F)(F)F)cc4)CC3)nc2)c(OC)c1. The molecule has 194 valence electrons. The van der Waals surface area contributed by atoms with Crippen molar-refractivity contribution in [1.29, 1.82) is 0 Å². The van der Waals surface area contributed by atoms with Gasteiger partial charge in [-0.05, 0) is 48.5 Å². The van der Waals surface area contributed by atoms with Gasteiger partial charge < -0.3 is 24.6 Å². The highest BCUT2D eigenvalue weighted by Crippen LogP contribution is 2.29. The predicted molar refractivity (Wildman–Crippen MR) is 131 cm³/mol. The van der Waals surface area contributed by atoms with Crippen LogP contribution in [0, 0.1) is 0 Å². The Labute approximate surface area is 211 Å². The minimum Gasteiger partial charge on any atom is -0.497 e. The lowest BCUT2D eigenvalue weighted by Gasteiger charge is -2.35. The van der Waals surface area contributed by atoms with Crippen LogP contribution in [0.15, 0.2) is 60.8 Å². The van der Waals surface area contributed by atoms with Crippen LogP contribution in [0.5, 0.6) is 11.5 Å². The number of pyridine rings is 1. The highest BCUT2D eigenvalue weighted by molar-refractivity contribution is 6.06. The molecular formula is C26H25F3N4O4. The van der Waals surface area contributed by atoms with Crippen LogP contribution in [0.25, 0.3) is 0 Å². The molecule has 1 N–H and O–H groups in total. The van der Waals surface area contributed by atoms with Crippen molar-refractivity contribution in [2.24, 2.45) is 0 Å². The number of alkyl halides is 3. The molecule has 3 aromatic rings. The van der Waals surface area contributed by atoms with Crippen molar-refractivity contribution >= 4 is 23.3 Å². The zero-order valence-corrected chi connectivity index (χ0v) is 20.2. The zero-order chi connectivity index (χ0) is 26.6. The molecule has 0 aliphatic carbocycles. The van der Waals surface area contributed by atoms with Crippen LogP contribution in [0.4, 0.5) is 24.7 Å². The van der Waals surface area contributed by atoms with Crippen molar-refractivity contribution in [3.05, 3.63) is 77.5 Å². The lowest BCUT2D eigenvalue weighted by Crippen LogP contribution is -2.49. The summed E-state index contributed by atoms with van der Waals surface area (Å²) in [7, 11) is 3.00. The Balaban J connectivity index is 1.33. The zero-order valence-electron chi connectivity index (χ0n) is 20.2. The lowest BCUT2D eigenvalue weighted by molar-refractivity contribution is -0.137. The largest absolute Gasteiger partial charge is 0.497 e. The number of aromatic nitrogens is 1. The van der Waals surface area contributed by atoms with Crippen molar-refractivity contribution in [1.82, 2.24) is 9.88 Å². The van der Waals surface area contributed by atoms with Gasteiger partial charge in [0.05, 0.1) is 37.2 Å². The molecule has 1 aromatic heterocycles. The summed E-state index contributed by atoms with van der Waals surface area (Å²) in [6.07, 6.45) is -2.90. The van der Waals surface area contributed by atoms with E-state index in [0.717, 1.165) is 12.1 Å². The van der Waals surface area contributed by atoms with Gasteiger partial charge in [-0.1, -0.05) is 0 Å². The number of carbonyl (C=O) groups excluding carboxylic acids is 2. The molecule has 2 aromatic carbocycles. The van der Waals surface area contributed by atoms with Gasteiger partial charge in [-0.25, -0.2) is 4.98 Å². The Hall–Kier alpha value is -4.28. The minimum atomic E-state index is -4.44. The van der Waals surface area contributed by atoms with Gasteiger partial charge in [0.1, 0.15) is 17.3 Å². The van der Waals surface area contributed by atoms with Crippen LogP contribution in [-0.2, 0) is 6.18 Å². The number of methoxy groups -OCH3 is 2. The molecule has 11 heteroatoms. The van der Waals surface area contributed by atoms with Crippen LogP contribution < -0.4 is 19.7 Å². The fourth-order valence-corrected chi connectivity index (χ4v) is 3.95. The van der Waals surface area contributed by atoms with E-state index in [1.165, 1.54) is 26.4 Å². The first-order chi connectivity index (χ1) is 17.7. The standard InChI is InChI=1S/C26H25F3N4O4/c1-36-20-8-9-21(22(15-20)37-2)24(34)31-19-7-10-23(30-16-19)32-11-13-33(14-12-32)25(35)17-3-5-18(6-4-17)26(27,28)29/h3-10,15-16H,11-14H2,1-2H3,(H,31,34). The van der Waals surface area contributed by atoms with Crippen molar-refractivity contribution in [3.8, 4) is 11.5 Å². The molecule has 0 radical (unpaired) electrons. The van der Waals surface area contributed by atoms with Gasteiger partial charge in [-0.3, -0.25) is 9.59 Å². The van der Waals surface area contributed by atoms with Gasteiger partial charge in [0, 0.05) is 37.8 Å². The minimum absolute atomic E-state index is 0.216. The lowest BCUT2D eigenvalue weighted by atomic mass is 10.1. The Morgan fingerprint density at radius 1 is 0.919 bits per heavy atom. The summed E-state index contributed by atoms with van der Waals surface area (Å²) in [5.41, 5.74) is 0.278. The molecule has 0 unspecified atom stereocenters. The molecular weight excluding hydrogens is 489 g/mol. The normalized spacial score (nSPS) is 13.8. The number of carbonyl (C=O) groups is 2. The van der Waals surface area contributed by atoms with Gasteiger partial charge in [-0.2, -0.15) is 13.2 Å². The summed E-state index contributed by atoms with van der Waals surface area (Å²) in [4.78, 5) is 33.4. The maximum Gasteiger partial charge on any atom is 0.416 e. The number of rotatable bonds is 6. The van der Waals surface area contributed by atoms with Crippen LogP contribution in [-0.4, -0.2) is 62.1 Å². The third kappa shape index (κ3) is 5.93. The van der Waals surface area contributed by atoms with Crippen LogP contribution in [0.1, 0.15) is 26.3 Å². The number of ether oxygens (including phenoxy) is 2. The molecule has 1 fully saturated rings. The first-order valence-corrected chi connectivity index (χ1v) is 11.4. The fourth-order valence-electron chi connectivity index (χ4n) is 3.95. The molecule has 8 nitrogen and oxygen atoms in total. The van der Waals surface area contributed by atoms with E-state index in [-0.39, 0.29) is 17.4 Å². The molecule has 1 saturated heterocycles. The average Bonchev–Trinajstić information content (AvgIpc) is 2.92. The third-order valence-electron chi connectivity index (χ3n) is 6.01. The smallest absolute Gasteiger partial charge is 0.416 e. The molecule has 0 saturated carbocycles. The van der Waals surface area contributed by atoms with E-state index in [1.807, 2.05) is 4.90 Å². The molecule has 0 spiro atoms. The van der Waals surface area contributed by atoms with E-state index in [4.69, 9.17) is 9.47 Å². The first-order valence-electron chi connectivity index (χ1n) is 11.4. The number of nitrogens with one attached hydrogen (secondary N) is 1. The summed E-state index contributed by atoms with van der Waals surface area (Å²) in [6.45, 7) is 1.82. The Morgan fingerprint density at radius 2 is 1.62 bits per heavy atom. The summed E-state index contributed by atoms with van der Waals surface area (Å²) < 4.78 is 48.7. The molecule has 1 aliphatic rings. The summed E-state index contributed by atoms with van der Waals surface area (Å²) in [5, 5.41) is 2.79. The molecule has 1 aliphatic heterocycles. The average molecular weight is 515 g/mol. The second kappa shape index (κ2) is 10.8. The highest BCUT2D eigenvalue weighted by atomic mass is 19.4. The fraction of sp³-hybridized carbons (Fsp3) is 0.269. The number of halogens is 3. The number of amides is 2. The Kier molecular flexibility index (Phi) is 7.51. The molecule has 37 heavy (non-hydrogen) atoms. The van der Waals surface area contributed by atoms with Crippen molar-refractivity contribution in [2.45, 2.75) is 6.18 Å². The molecule has 2 heterocycles. The monoisotopic (exact) mass is 514 g/mol. The van der Waals surface area contributed by atoms with Crippen LogP contribution in [0.2, 0.25) is 0 Å². The van der Waals surface area contributed by atoms with Crippen molar-refractivity contribution < 1.29 is 32.2 Å². The van der Waals surface area contributed by atoms with E-state index >= 15 is 0 Å². The summed E-state index contributed by atoms with van der Waals surface area (Å²) in [5.74, 6) is 0.963. The van der Waals surface area contributed by atoms with Crippen LogP contribution >= 0.6 is 0 Å². The maximum absolute atomic E-state index is 12.8. The Bertz CT molecular complexity index is 1260. The number of benzene rings is 2. The molecule has 0 bridgehead atoms. The summed E-state index contributed by atoms with van der Waals surface area (Å²) >= 11 is 0. The quantitative estimate of drug-likeness (QED) is 0.527. The molecule has 2 amide bonds. The summed E-state index contributed by atoms with van der Waals surface area (Å²) in [6, 6.07) is 12.6. The van der Waals surface area contributed by atoms with Gasteiger partial charge in [0.15, 0.2) is 0 Å². The van der Waals surface area contributed by atoms with Crippen molar-refractivity contribution in [3.63, 3.8) is 0 Å². The molecule has 0 atom stereocenters. The van der Waals surface area contributed by atoms with Crippen molar-refractivity contribution in [2.75, 3.05) is 50.6 Å². The van der Waals surface area contributed by atoms with E-state index in [1.54, 1.807) is 41.4 Å². The van der Waals surface area contributed by atoms with E-state index in [0.29, 0.717) is 54.7 Å². The molecule has 4 rings (SSSR count). The van der Waals surface area contributed by atoms with Gasteiger partial charge >= 0.3 is 6.18 Å². The number of anilines is 2.